The van der Waals surface area contributed by atoms with Crippen LogP contribution in [0.3, 0.4) is 0 Å². The SMILES string of the molecule is N#Cc1c(N=S2(=O)CCC(c3ncc(Cl)cn3)CC2)nc2c(c1NC1(CO)CCC1)S(=O)CC2. The lowest BCUT2D eigenvalue weighted by atomic mass is 9.77. The molecular formula is C22H25ClN6O3S2. The topological polar surface area (TPSA) is 141 Å². The largest absolute Gasteiger partial charge is 0.394 e. The highest BCUT2D eigenvalue weighted by Crippen LogP contribution is 2.42. The van der Waals surface area contributed by atoms with E-state index in [-0.39, 0.29) is 23.9 Å². The van der Waals surface area contributed by atoms with E-state index in [9.17, 15) is 18.8 Å². The molecule has 1 atom stereocenters. The standard InChI is InChI=1S/C22H25ClN6O3S2/c23-15-11-25-20(26-12-15)14-3-8-34(32,9-4-14)29-21-16(10-24)18(28-22(13-30)5-1-6-22)19-17(27-21)2-7-33(19)31/h11-12,14,30H,1-9,13H2,(H,27,28). The number of pyridine rings is 1. The van der Waals surface area contributed by atoms with Crippen molar-refractivity contribution in [1.29, 1.82) is 5.26 Å². The number of nitrogens with one attached hydrogen (secondary N) is 1. The number of halogens is 1. The summed E-state index contributed by atoms with van der Waals surface area (Å²) in [6, 6.07) is 2.16. The number of nitriles is 1. The lowest BCUT2D eigenvalue weighted by Gasteiger charge is -2.42. The molecule has 1 aliphatic carbocycles. The number of nitrogens with zero attached hydrogens (tertiary/aromatic N) is 5. The van der Waals surface area contributed by atoms with Crippen LogP contribution in [-0.2, 0) is 26.9 Å². The van der Waals surface area contributed by atoms with Crippen LogP contribution in [0, 0.1) is 11.3 Å². The molecule has 0 radical (unpaired) electrons. The molecule has 3 aliphatic rings. The summed E-state index contributed by atoms with van der Waals surface area (Å²) in [7, 11) is -3.92. The van der Waals surface area contributed by atoms with E-state index in [1.165, 1.54) is 0 Å². The number of hydrogen-bond donors (Lipinski definition) is 2. The molecule has 2 fully saturated rings. The molecule has 2 aromatic rings. The number of fused-ring (bicyclic) bond motifs is 1. The zero-order valence-electron chi connectivity index (χ0n) is 18.5. The number of rotatable bonds is 5. The van der Waals surface area contributed by atoms with Crippen molar-refractivity contribution in [3.8, 4) is 6.07 Å². The van der Waals surface area contributed by atoms with Gasteiger partial charge in [-0.25, -0.2) is 19.2 Å². The maximum absolute atomic E-state index is 13.7. The van der Waals surface area contributed by atoms with Crippen molar-refractivity contribution in [2.45, 2.75) is 54.9 Å². The molecule has 2 aromatic heterocycles. The van der Waals surface area contributed by atoms with Crippen LogP contribution in [0.15, 0.2) is 21.7 Å². The fraction of sp³-hybridized carbons (Fsp3) is 0.545. The van der Waals surface area contributed by atoms with Gasteiger partial charge in [0, 0.05) is 42.0 Å². The first-order chi connectivity index (χ1) is 16.4. The monoisotopic (exact) mass is 520 g/mol. The minimum atomic E-state index is -2.64. The Morgan fingerprint density at radius 2 is 2.03 bits per heavy atom. The molecule has 2 N–H and O–H groups in total. The predicted octanol–water partition coefficient (Wildman–Crippen LogP) is 3.06. The Bertz CT molecular complexity index is 1290. The zero-order valence-corrected chi connectivity index (χ0v) is 20.9. The van der Waals surface area contributed by atoms with Gasteiger partial charge in [0.2, 0.25) is 0 Å². The molecule has 1 saturated heterocycles. The second-order valence-electron chi connectivity index (χ2n) is 9.10. The van der Waals surface area contributed by atoms with Crippen molar-refractivity contribution in [2.24, 2.45) is 4.36 Å². The average molecular weight is 521 g/mol. The van der Waals surface area contributed by atoms with Gasteiger partial charge in [-0.15, -0.1) is 0 Å². The third-order valence-corrected chi connectivity index (χ3v) is 10.8. The molecule has 0 amide bonds. The molecule has 12 heteroatoms. The number of hydrogen-bond acceptors (Lipinski definition) is 9. The number of aliphatic hydroxyl groups excluding tert-OH is 1. The molecule has 5 rings (SSSR count). The number of aliphatic hydroxyl groups is 1. The Balaban J connectivity index is 1.50. The van der Waals surface area contributed by atoms with Crippen molar-refractivity contribution < 1.29 is 13.5 Å². The highest BCUT2D eigenvalue weighted by molar-refractivity contribution is 7.93. The molecule has 180 valence electrons. The van der Waals surface area contributed by atoms with Gasteiger partial charge in [-0.2, -0.15) is 9.62 Å². The van der Waals surface area contributed by atoms with Crippen LogP contribution in [-0.4, -0.2) is 57.9 Å². The summed E-state index contributed by atoms with van der Waals surface area (Å²) in [5.74, 6) is 2.03. The highest BCUT2D eigenvalue weighted by Gasteiger charge is 2.40. The summed E-state index contributed by atoms with van der Waals surface area (Å²) in [5, 5.41) is 23.8. The number of aromatic nitrogens is 3. The Kier molecular flexibility index (Phi) is 6.35. The fourth-order valence-electron chi connectivity index (χ4n) is 4.73. The van der Waals surface area contributed by atoms with Gasteiger partial charge in [-0.05, 0) is 32.1 Å². The van der Waals surface area contributed by atoms with Crippen molar-refractivity contribution in [3.05, 3.63) is 34.5 Å². The van der Waals surface area contributed by atoms with Crippen LogP contribution >= 0.6 is 11.6 Å². The van der Waals surface area contributed by atoms with Crippen molar-refractivity contribution >= 4 is 43.6 Å². The van der Waals surface area contributed by atoms with E-state index in [0.717, 1.165) is 19.3 Å². The minimum absolute atomic E-state index is 0.0770. The van der Waals surface area contributed by atoms with E-state index in [1.54, 1.807) is 12.4 Å². The molecular weight excluding hydrogens is 496 g/mol. The highest BCUT2D eigenvalue weighted by atomic mass is 35.5. The summed E-state index contributed by atoms with van der Waals surface area (Å²) in [6.07, 6.45) is 7.34. The maximum atomic E-state index is 13.7. The first kappa shape index (κ1) is 23.6. The third kappa shape index (κ3) is 4.33. The first-order valence-corrected chi connectivity index (χ1v) is 14.8. The second-order valence-corrected chi connectivity index (χ2v) is 13.6. The van der Waals surface area contributed by atoms with Crippen LogP contribution < -0.4 is 5.32 Å². The molecule has 0 bridgehead atoms. The fourth-order valence-corrected chi connectivity index (χ4v) is 8.34. The van der Waals surface area contributed by atoms with Crippen LogP contribution in [0.1, 0.15) is 55.1 Å². The predicted molar refractivity (Wildman–Crippen MR) is 130 cm³/mol. The Morgan fingerprint density at radius 3 is 2.62 bits per heavy atom. The average Bonchev–Trinajstić information content (AvgIpc) is 3.17. The molecule has 9 nitrogen and oxygen atoms in total. The van der Waals surface area contributed by atoms with Crippen molar-refractivity contribution in [2.75, 3.05) is 29.2 Å². The van der Waals surface area contributed by atoms with Gasteiger partial charge in [0.15, 0.2) is 5.82 Å². The van der Waals surface area contributed by atoms with E-state index >= 15 is 0 Å². The van der Waals surface area contributed by atoms with Crippen molar-refractivity contribution in [3.63, 3.8) is 0 Å². The molecule has 1 saturated carbocycles. The summed E-state index contributed by atoms with van der Waals surface area (Å²) in [6.45, 7) is -0.0843. The molecule has 1 unspecified atom stereocenters. The number of aryl methyl sites for hydroxylation is 1. The Hall–Kier alpha value is -2.13. The minimum Gasteiger partial charge on any atom is -0.394 e. The Morgan fingerprint density at radius 1 is 1.32 bits per heavy atom. The number of anilines is 1. The summed E-state index contributed by atoms with van der Waals surface area (Å²) in [4.78, 5) is 13.7. The molecule has 4 heterocycles. The lowest BCUT2D eigenvalue weighted by Crippen LogP contribution is -2.48. The quantitative estimate of drug-likeness (QED) is 0.612. The van der Waals surface area contributed by atoms with Gasteiger partial charge in [0.1, 0.15) is 17.5 Å². The smallest absolute Gasteiger partial charge is 0.181 e. The molecule has 2 aliphatic heterocycles. The summed E-state index contributed by atoms with van der Waals surface area (Å²) < 4.78 is 31.0. The van der Waals surface area contributed by atoms with Gasteiger partial charge in [-0.3, -0.25) is 4.21 Å². The van der Waals surface area contributed by atoms with E-state index in [1.807, 2.05) is 0 Å². The van der Waals surface area contributed by atoms with E-state index in [4.69, 9.17) is 11.6 Å². The zero-order chi connectivity index (χ0) is 23.9. The van der Waals surface area contributed by atoms with Crippen LogP contribution in [0.2, 0.25) is 5.02 Å². The maximum Gasteiger partial charge on any atom is 0.181 e. The third-order valence-electron chi connectivity index (χ3n) is 6.90. The van der Waals surface area contributed by atoms with Crippen LogP contribution in [0.5, 0.6) is 0 Å². The van der Waals surface area contributed by atoms with Gasteiger partial charge in [0.05, 0.1) is 54.0 Å². The van der Waals surface area contributed by atoms with Gasteiger partial charge >= 0.3 is 0 Å². The van der Waals surface area contributed by atoms with E-state index in [0.29, 0.717) is 63.6 Å². The van der Waals surface area contributed by atoms with Gasteiger partial charge < -0.3 is 10.4 Å². The summed E-state index contributed by atoms with van der Waals surface area (Å²) >= 11 is 5.88. The van der Waals surface area contributed by atoms with Gasteiger partial charge in [0.25, 0.3) is 0 Å². The molecule has 34 heavy (non-hydrogen) atoms. The molecule has 0 aromatic carbocycles. The molecule has 0 spiro atoms. The summed E-state index contributed by atoms with van der Waals surface area (Å²) in [5.41, 5.74) is 0.669. The first-order valence-electron chi connectivity index (χ1n) is 11.3. The second kappa shape index (κ2) is 9.15. The van der Waals surface area contributed by atoms with Gasteiger partial charge in [-0.1, -0.05) is 11.6 Å². The lowest BCUT2D eigenvalue weighted by molar-refractivity contribution is 0.144. The van der Waals surface area contributed by atoms with E-state index in [2.05, 4.69) is 30.7 Å². The van der Waals surface area contributed by atoms with E-state index < -0.39 is 26.1 Å². The van der Waals surface area contributed by atoms with Crippen LogP contribution in [0.25, 0.3) is 0 Å². The Labute approximate surface area is 206 Å². The normalized spacial score (nSPS) is 27.3. The van der Waals surface area contributed by atoms with Crippen molar-refractivity contribution in [1.82, 2.24) is 15.0 Å². The van der Waals surface area contributed by atoms with Crippen LogP contribution in [0.4, 0.5) is 11.5 Å².